The molecule has 1 N–H and O–H groups in total. The third-order valence-electron chi connectivity index (χ3n) is 4.19. The average molecular weight is 333 g/mol. The molecule has 0 bridgehead atoms. The molecule has 128 valence electrons. The highest BCUT2D eigenvalue weighted by molar-refractivity contribution is 7.88. The summed E-state index contributed by atoms with van der Waals surface area (Å²) in [4.78, 5) is 16.3. The summed E-state index contributed by atoms with van der Waals surface area (Å²) in [6.45, 7) is 5.77. The summed E-state index contributed by atoms with van der Waals surface area (Å²) in [6.07, 6.45) is 3.96. The number of hydrogen-bond donors (Lipinski definition) is 1. The van der Waals surface area contributed by atoms with E-state index in [2.05, 4.69) is 11.6 Å². The van der Waals surface area contributed by atoms with Crippen molar-refractivity contribution in [2.24, 2.45) is 0 Å². The topological polar surface area (TPSA) is 79.0 Å². The molecule has 2 rings (SSSR count). The van der Waals surface area contributed by atoms with E-state index < -0.39 is 10.0 Å². The molecule has 2 aliphatic heterocycles. The second-order valence-electron chi connectivity index (χ2n) is 6.21. The van der Waals surface area contributed by atoms with Gasteiger partial charge >= 0.3 is 0 Å². The van der Waals surface area contributed by atoms with Gasteiger partial charge in [-0.1, -0.05) is 6.92 Å². The highest BCUT2D eigenvalue weighted by Crippen LogP contribution is 2.13. The molecule has 7 nitrogen and oxygen atoms in total. The second kappa shape index (κ2) is 7.72. The van der Waals surface area contributed by atoms with Crippen LogP contribution >= 0.6 is 0 Å². The van der Waals surface area contributed by atoms with Crippen molar-refractivity contribution >= 4 is 15.9 Å². The number of rotatable bonds is 5. The Kier molecular flexibility index (Phi) is 6.19. The molecule has 0 radical (unpaired) electrons. The van der Waals surface area contributed by atoms with E-state index in [1.165, 1.54) is 6.26 Å². The summed E-state index contributed by atoms with van der Waals surface area (Å²) in [6, 6.07) is -0.0929. The van der Waals surface area contributed by atoms with E-state index in [-0.39, 0.29) is 18.1 Å². The molecule has 0 spiro atoms. The highest BCUT2D eigenvalue weighted by Gasteiger charge is 2.27. The van der Waals surface area contributed by atoms with Crippen LogP contribution in [0.1, 0.15) is 26.2 Å². The van der Waals surface area contributed by atoms with Crippen LogP contribution in [0, 0.1) is 0 Å². The van der Waals surface area contributed by atoms with Crippen molar-refractivity contribution in [2.45, 2.75) is 38.3 Å². The fourth-order valence-corrected chi connectivity index (χ4v) is 3.88. The van der Waals surface area contributed by atoms with Crippen molar-refractivity contribution in [2.75, 3.05) is 45.6 Å². The standard InChI is InChI=1S/C14H27N3O4S/c1-3-13-10-17(7-8-21-13)14(18)11-16-6-4-5-12(9-16)15-22(2,19)20/h12-13,15H,3-11H2,1-2H3. The van der Waals surface area contributed by atoms with E-state index in [0.717, 1.165) is 25.8 Å². The number of nitrogens with zero attached hydrogens (tertiary/aromatic N) is 2. The maximum Gasteiger partial charge on any atom is 0.236 e. The Bertz CT molecular complexity index is 482. The number of morpholine rings is 1. The van der Waals surface area contributed by atoms with Gasteiger partial charge < -0.3 is 9.64 Å². The number of piperidine rings is 1. The lowest BCUT2D eigenvalue weighted by Crippen LogP contribution is -2.52. The van der Waals surface area contributed by atoms with E-state index in [0.29, 0.717) is 32.8 Å². The predicted octanol–water partition coefficient (Wildman–Crippen LogP) is -0.363. The first-order chi connectivity index (χ1) is 10.4. The monoisotopic (exact) mass is 333 g/mol. The Morgan fingerprint density at radius 1 is 1.32 bits per heavy atom. The first-order valence-electron chi connectivity index (χ1n) is 7.96. The summed E-state index contributed by atoms with van der Waals surface area (Å²) in [7, 11) is -3.20. The largest absolute Gasteiger partial charge is 0.375 e. The maximum atomic E-state index is 12.4. The third kappa shape index (κ3) is 5.49. The lowest BCUT2D eigenvalue weighted by Gasteiger charge is -2.36. The lowest BCUT2D eigenvalue weighted by molar-refractivity contribution is -0.140. The zero-order chi connectivity index (χ0) is 16.2. The third-order valence-corrected chi connectivity index (χ3v) is 4.95. The first-order valence-corrected chi connectivity index (χ1v) is 9.85. The molecule has 2 atom stereocenters. The van der Waals surface area contributed by atoms with E-state index >= 15 is 0 Å². The van der Waals surface area contributed by atoms with Gasteiger partial charge in [0.2, 0.25) is 15.9 Å². The van der Waals surface area contributed by atoms with Gasteiger partial charge in [0.25, 0.3) is 0 Å². The summed E-state index contributed by atoms with van der Waals surface area (Å²) in [5.41, 5.74) is 0. The van der Waals surface area contributed by atoms with Gasteiger partial charge in [0.15, 0.2) is 0 Å². The van der Waals surface area contributed by atoms with Crippen LogP contribution in [0.2, 0.25) is 0 Å². The Labute approximate surface area is 133 Å². The van der Waals surface area contributed by atoms with Crippen molar-refractivity contribution in [3.8, 4) is 0 Å². The molecule has 0 aromatic carbocycles. The van der Waals surface area contributed by atoms with Crippen LogP contribution in [0.4, 0.5) is 0 Å². The SMILES string of the molecule is CCC1CN(C(=O)CN2CCCC(NS(C)(=O)=O)C2)CCO1. The fraction of sp³-hybridized carbons (Fsp3) is 0.929. The molecule has 8 heteroatoms. The van der Waals surface area contributed by atoms with Gasteiger partial charge in [-0.25, -0.2) is 13.1 Å². The summed E-state index contributed by atoms with van der Waals surface area (Å²) in [5, 5.41) is 0. The van der Waals surface area contributed by atoms with Crippen LogP contribution in [0.3, 0.4) is 0 Å². The van der Waals surface area contributed by atoms with Crippen LogP contribution in [0.25, 0.3) is 0 Å². The molecule has 0 aromatic heterocycles. The maximum absolute atomic E-state index is 12.4. The summed E-state index contributed by atoms with van der Waals surface area (Å²) < 4.78 is 30.9. The molecule has 2 fully saturated rings. The van der Waals surface area contributed by atoms with Crippen molar-refractivity contribution in [3.63, 3.8) is 0 Å². The van der Waals surface area contributed by atoms with E-state index in [1.54, 1.807) is 0 Å². The average Bonchev–Trinajstić information content (AvgIpc) is 2.46. The minimum absolute atomic E-state index is 0.0929. The number of hydrogen-bond acceptors (Lipinski definition) is 5. The second-order valence-corrected chi connectivity index (χ2v) is 7.99. The number of sulfonamides is 1. The lowest BCUT2D eigenvalue weighted by atomic mass is 10.1. The van der Waals surface area contributed by atoms with Crippen LogP contribution in [-0.4, -0.2) is 81.9 Å². The van der Waals surface area contributed by atoms with E-state index in [1.807, 2.05) is 9.80 Å². The molecule has 22 heavy (non-hydrogen) atoms. The van der Waals surface area contributed by atoms with Crippen molar-refractivity contribution < 1.29 is 17.9 Å². The number of carbonyl (C=O) groups excluding carboxylic acids is 1. The van der Waals surface area contributed by atoms with Crippen LogP contribution in [0.15, 0.2) is 0 Å². The van der Waals surface area contributed by atoms with Crippen molar-refractivity contribution in [1.29, 1.82) is 0 Å². The molecule has 2 unspecified atom stereocenters. The molecular weight excluding hydrogens is 306 g/mol. The summed E-state index contributed by atoms with van der Waals surface area (Å²) >= 11 is 0. The first kappa shape index (κ1) is 17.7. The van der Waals surface area contributed by atoms with Crippen molar-refractivity contribution in [1.82, 2.24) is 14.5 Å². The van der Waals surface area contributed by atoms with Gasteiger partial charge in [-0.15, -0.1) is 0 Å². The fourth-order valence-electron chi connectivity index (χ4n) is 3.08. The Balaban J connectivity index is 1.83. The zero-order valence-electron chi connectivity index (χ0n) is 13.5. The van der Waals surface area contributed by atoms with Gasteiger partial charge in [-0.2, -0.15) is 0 Å². The van der Waals surface area contributed by atoms with Gasteiger partial charge in [0.1, 0.15) is 0 Å². The molecule has 2 heterocycles. The van der Waals surface area contributed by atoms with Gasteiger partial charge in [0.05, 0.1) is 25.5 Å². The van der Waals surface area contributed by atoms with E-state index in [9.17, 15) is 13.2 Å². The number of nitrogens with one attached hydrogen (secondary N) is 1. The van der Waals surface area contributed by atoms with Crippen LogP contribution in [0.5, 0.6) is 0 Å². The van der Waals surface area contributed by atoms with Gasteiger partial charge in [0, 0.05) is 25.7 Å². The van der Waals surface area contributed by atoms with Crippen LogP contribution in [-0.2, 0) is 19.6 Å². The van der Waals surface area contributed by atoms with E-state index in [4.69, 9.17) is 4.74 Å². The molecule has 2 saturated heterocycles. The minimum Gasteiger partial charge on any atom is -0.375 e. The number of amides is 1. The molecule has 0 aliphatic carbocycles. The Morgan fingerprint density at radius 2 is 2.09 bits per heavy atom. The normalized spacial score (nSPS) is 27.8. The Hall–Kier alpha value is -0.700. The van der Waals surface area contributed by atoms with Gasteiger partial charge in [-0.05, 0) is 25.8 Å². The quantitative estimate of drug-likeness (QED) is 0.743. The summed E-state index contributed by atoms with van der Waals surface area (Å²) in [5.74, 6) is 0.113. The number of carbonyl (C=O) groups is 1. The molecule has 1 amide bonds. The zero-order valence-corrected chi connectivity index (χ0v) is 14.3. The minimum atomic E-state index is -3.20. The predicted molar refractivity (Wildman–Crippen MR) is 84.1 cm³/mol. The molecule has 0 saturated carbocycles. The number of ether oxygens (including phenoxy) is 1. The molecular formula is C14H27N3O4S. The van der Waals surface area contributed by atoms with Gasteiger partial charge in [-0.3, -0.25) is 9.69 Å². The Morgan fingerprint density at radius 3 is 2.77 bits per heavy atom. The van der Waals surface area contributed by atoms with Crippen LogP contribution < -0.4 is 4.72 Å². The smallest absolute Gasteiger partial charge is 0.236 e. The molecule has 0 aromatic rings. The van der Waals surface area contributed by atoms with Crippen molar-refractivity contribution in [3.05, 3.63) is 0 Å². The number of likely N-dealkylation sites (tertiary alicyclic amines) is 1. The highest BCUT2D eigenvalue weighted by atomic mass is 32.2. The molecule has 2 aliphatic rings.